The van der Waals surface area contributed by atoms with Crippen molar-refractivity contribution in [3.63, 3.8) is 0 Å². The molecule has 0 aliphatic carbocycles. The Morgan fingerprint density at radius 2 is 1.96 bits per heavy atom. The zero-order chi connectivity index (χ0) is 17.0. The van der Waals surface area contributed by atoms with Crippen LogP contribution < -0.4 is 14.8 Å². The molecule has 1 aliphatic heterocycles. The number of nitrogens with zero attached hydrogens (tertiary/aromatic N) is 1. The molecule has 8 heteroatoms. The fourth-order valence-electron chi connectivity index (χ4n) is 2.15. The van der Waals surface area contributed by atoms with Gasteiger partial charge in [0.05, 0.1) is 12.5 Å². The Morgan fingerprint density at radius 3 is 2.57 bits per heavy atom. The van der Waals surface area contributed by atoms with E-state index in [1.54, 1.807) is 7.05 Å². The number of hydrogen-bond acceptors (Lipinski definition) is 4. The van der Waals surface area contributed by atoms with Gasteiger partial charge in [-0.3, -0.25) is 4.79 Å². The number of carboxylic acid groups (broad SMARTS) is 1. The summed E-state index contributed by atoms with van der Waals surface area (Å²) in [7, 11) is 1.56. The number of nitrogens with one attached hydrogen (secondary N) is 1. The van der Waals surface area contributed by atoms with Crippen LogP contribution in [0.5, 0.6) is 11.5 Å². The van der Waals surface area contributed by atoms with Crippen LogP contribution in [0.25, 0.3) is 0 Å². The van der Waals surface area contributed by atoms with E-state index in [1.807, 2.05) is 19.1 Å². The predicted molar refractivity (Wildman–Crippen MR) is 87.0 cm³/mol. The van der Waals surface area contributed by atoms with Gasteiger partial charge in [-0.1, -0.05) is 15.9 Å². The highest BCUT2D eigenvalue weighted by Crippen LogP contribution is 2.37. The molecule has 2 N–H and O–H groups in total. The van der Waals surface area contributed by atoms with Crippen molar-refractivity contribution in [3.8, 4) is 11.5 Å². The van der Waals surface area contributed by atoms with Gasteiger partial charge < -0.3 is 24.8 Å². The molecule has 2 rings (SSSR count). The number of carbonyl (C=O) groups excluding carboxylic acids is 1. The summed E-state index contributed by atoms with van der Waals surface area (Å²) in [6.07, 6.45) is -0.0913. The predicted octanol–water partition coefficient (Wildman–Crippen LogP) is 2.40. The van der Waals surface area contributed by atoms with Gasteiger partial charge in [0.1, 0.15) is 13.2 Å². The van der Waals surface area contributed by atoms with Crippen LogP contribution in [0.1, 0.15) is 24.9 Å². The third-order valence-corrected chi connectivity index (χ3v) is 4.16. The number of hydrogen-bond donors (Lipinski definition) is 2. The molecular weight excluding hydrogens is 368 g/mol. The molecule has 0 radical (unpaired) electrons. The Labute approximate surface area is 142 Å². The minimum atomic E-state index is -0.938. The fourth-order valence-corrected chi connectivity index (χ4v) is 2.82. The number of carboxylic acids is 1. The molecule has 0 saturated heterocycles. The van der Waals surface area contributed by atoms with Crippen LogP contribution in [0.15, 0.2) is 16.6 Å². The number of halogens is 1. The molecular formula is C15H19BrN2O5. The van der Waals surface area contributed by atoms with Gasteiger partial charge in [0.2, 0.25) is 0 Å². The van der Waals surface area contributed by atoms with E-state index in [1.165, 1.54) is 4.90 Å². The van der Waals surface area contributed by atoms with Crippen LogP contribution in [0.3, 0.4) is 0 Å². The molecule has 1 aromatic rings. The number of carbonyl (C=O) groups is 2. The van der Waals surface area contributed by atoms with E-state index in [0.29, 0.717) is 24.7 Å². The monoisotopic (exact) mass is 386 g/mol. The highest BCUT2D eigenvalue weighted by atomic mass is 79.9. The van der Waals surface area contributed by atoms with Crippen molar-refractivity contribution in [1.29, 1.82) is 0 Å². The molecule has 2 amide bonds. The third-order valence-electron chi connectivity index (χ3n) is 3.48. The molecule has 1 aliphatic rings. The number of rotatable bonds is 5. The largest absolute Gasteiger partial charge is 0.486 e. The van der Waals surface area contributed by atoms with Gasteiger partial charge in [-0.15, -0.1) is 0 Å². The first kappa shape index (κ1) is 17.4. The minimum absolute atomic E-state index is 0.0913. The lowest BCUT2D eigenvalue weighted by Gasteiger charge is -2.24. The summed E-state index contributed by atoms with van der Waals surface area (Å²) in [6, 6.07) is 3.04. The van der Waals surface area contributed by atoms with Crippen molar-refractivity contribution >= 4 is 27.9 Å². The molecule has 23 heavy (non-hydrogen) atoms. The number of ether oxygens (including phenoxy) is 2. The maximum absolute atomic E-state index is 12.1. The topological polar surface area (TPSA) is 88.1 Å². The Bertz CT molecular complexity index is 608. The van der Waals surface area contributed by atoms with E-state index >= 15 is 0 Å². The zero-order valence-electron chi connectivity index (χ0n) is 13.0. The van der Waals surface area contributed by atoms with Crippen LogP contribution in [0.2, 0.25) is 0 Å². The fraction of sp³-hybridized carbons (Fsp3) is 0.467. The van der Waals surface area contributed by atoms with Crippen LogP contribution in [-0.4, -0.2) is 48.8 Å². The van der Waals surface area contributed by atoms with Gasteiger partial charge in [-0.25, -0.2) is 4.79 Å². The van der Waals surface area contributed by atoms with Crippen LogP contribution in [0.4, 0.5) is 4.79 Å². The van der Waals surface area contributed by atoms with Crippen molar-refractivity contribution < 1.29 is 24.2 Å². The molecule has 126 valence electrons. The van der Waals surface area contributed by atoms with E-state index in [0.717, 1.165) is 10.0 Å². The zero-order valence-corrected chi connectivity index (χ0v) is 14.6. The molecule has 0 spiro atoms. The van der Waals surface area contributed by atoms with Gasteiger partial charge in [0.15, 0.2) is 11.5 Å². The second-order valence-corrected chi connectivity index (χ2v) is 6.11. The Balaban J connectivity index is 2.04. The SMILES string of the molecule is CC(NC(=O)N(C)CCC(=O)O)c1cc2c(cc1Br)OCCO2. The number of aliphatic carboxylic acids is 1. The average Bonchev–Trinajstić information content (AvgIpc) is 2.51. The van der Waals surface area contributed by atoms with Gasteiger partial charge in [0, 0.05) is 18.1 Å². The molecule has 0 fully saturated rings. The molecule has 0 saturated carbocycles. The molecule has 7 nitrogen and oxygen atoms in total. The maximum Gasteiger partial charge on any atom is 0.317 e. The lowest BCUT2D eigenvalue weighted by atomic mass is 10.1. The van der Waals surface area contributed by atoms with Crippen molar-refractivity contribution in [1.82, 2.24) is 10.2 Å². The van der Waals surface area contributed by atoms with Crippen molar-refractivity contribution in [3.05, 3.63) is 22.2 Å². The summed E-state index contributed by atoms with van der Waals surface area (Å²) in [5.41, 5.74) is 0.856. The Kier molecular flexibility index (Phi) is 5.70. The number of fused-ring (bicyclic) bond motifs is 1. The van der Waals surface area contributed by atoms with E-state index in [-0.39, 0.29) is 25.0 Å². The van der Waals surface area contributed by atoms with Crippen molar-refractivity contribution in [2.45, 2.75) is 19.4 Å². The van der Waals surface area contributed by atoms with E-state index in [2.05, 4.69) is 21.2 Å². The summed E-state index contributed by atoms with van der Waals surface area (Å²) in [6.45, 7) is 3.00. The van der Waals surface area contributed by atoms with Crippen LogP contribution >= 0.6 is 15.9 Å². The highest BCUT2D eigenvalue weighted by molar-refractivity contribution is 9.10. The maximum atomic E-state index is 12.1. The van der Waals surface area contributed by atoms with Gasteiger partial charge in [0.25, 0.3) is 0 Å². The van der Waals surface area contributed by atoms with E-state index in [9.17, 15) is 9.59 Å². The first-order chi connectivity index (χ1) is 10.9. The van der Waals surface area contributed by atoms with Crippen molar-refractivity contribution in [2.24, 2.45) is 0 Å². The lowest BCUT2D eigenvalue weighted by molar-refractivity contribution is -0.137. The lowest BCUT2D eigenvalue weighted by Crippen LogP contribution is -2.39. The first-order valence-electron chi connectivity index (χ1n) is 7.21. The molecule has 1 aromatic carbocycles. The average molecular weight is 387 g/mol. The number of amides is 2. The summed E-state index contributed by atoms with van der Waals surface area (Å²) in [5, 5.41) is 11.5. The van der Waals surface area contributed by atoms with E-state index in [4.69, 9.17) is 14.6 Å². The second-order valence-electron chi connectivity index (χ2n) is 5.25. The summed E-state index contributed by atoms with van der Waals surface area (Å²) in [4.78, 5) is 24.0. The first-order valence-corrected chi connectivity index (χ1v) is 8.00. The standard InChI is InChI=1S/C15H19BrN2O5/c1-9(17-15(21)18(2)4-3-14(19)20)10-7-12-13(8-11(10)16)23-6-5-22-12/h7-9H,3-6H2,1-2H3,(H,17,21)(H,19,20). The normalized spacial score (nSPS) is 14.0. The van der Waals surface area contributed by atoms with Gasteiger partial charge >= 0.3 is 12.0 Å². The summed E-state index contributed by atoms with van der Waals surface area (Å²) >= 11 is 3.47. The van der Waals surface area contributed by atoms with Crippen molar-refractivity contribution in [2.75, 3.05) is 26.8 Å². The Morgan fingerprint density at radius 1 is 1.35 bits per heavy atom. The van der Waals surface area contributed by atoms with E-state index < -0.39 is 5.97 Å². The smallest absolute Gasteiger partial charge is 0.317 e. The number of benzene rings is 1. The number of urea groups is 1. The molecule has 1 atom stereocenters. The second kappa shape index (κ2) is 7.54. The summed E-state index contributed by atoms with van der Waals surface area (Å²) in [5.74, 6) is 0.381. The molecule has 0 bridgehead atoms. The molecule has 0 aromatic heterocycles. The Hall–Kier alpha value is -1.96. The highest BCUT2D eigenvalue weighted by Gasteiger charge is 2.20. The summed E-state index contributed by atoms with van der Waals surface area (Å²) < 4.78 is 11.9. The minimum Gasteiger partial charge on any atom is -0.486 e. The van der Waals surface area contributed by atoms with Crippen LogP contribution in [0, 0.1) is 0 Å². The quantitative estimate of drug-likeness (QED) is 0.810. The molecule has 1 unspecified atom stereocenters. The van der Waals surface area contributed by atoms with Gasteiger partial charge in [-0.05, 0) is 24.6 Å². The van der Waals surface area contributed by atoms with Crippen LogP contribution in [-0.2, 0) is 4.79 Å². The third kappa shape index (κ3) is 4.51. The molecule has 1 heterocycles. The van der Waals surface area contributed by atoms with Gasteiger partial charge in [-0.2, -0.15) is 0 Å².